The molecule has 0 saturated carbocycles. The molecule has 0 atom stereocenters. The quantitative estimate of drug-likeness (QED) is 0.554. The summed E-state index contributed by atoms with van der Waals surface area (Å²) in [4.78, 5) is 10.8. The number of hydrogen-bond acceptors (Lipinski definition) is 4. The van der Waals surface area contributed by atoms with Crippen LogP contribution in [0.3, 0.4) is 0 Å². The molecule has 0 unspecified atom stereocenters. The molecule has 5 nitrogen and oxygen atoms in total. The summed E-state index contributed by atoms with van der Waals surface area (Å²) < 4.78 is 0. The van der Waals surface area contributed by atoms with Crippen molar-refractivity contribution < 1.29 is 15.0 Å². The maximum absolute atomic E-state index is 10.8. The molecule has 1 rings (SSSR count). The second-order valence-electron chi connectivity index (χ2n) is 3.41. The molecule has 1 aromatic carbocycles. The fourth-order valence-electron chi connectivity index (χ4n) is 1.15. The van der Waals surface area contributed by atoms with E-state index in [0.717, 1.165) is 0 Å². The highest BCUT2D eigenvalue weighted by Crippen LogP contribution is 2.17. The lowest BCUT2D eigenvalue weighted by atomic mass is 10.2. The summed E-state index contributed by atoms with van der Waals surface area (Å²) in [7, 11) is 0. The van der Waals surface area contributed by atoms with Gasteiger partial charge in [0.2, 0.25) is 11.8 Å². The molecule has 4 N–H and O–H groups in total. The molecule has 0 bridgehead atoms. The first kappa shape index (κ1) is 11.5. The first-order chi connectivity index (χ1) is 6.87. The van der Waals surface area contributed by atoms with Crippen LogP contribution in [-0.4, -0.2) is 22.0 Å². The molecule has 0 saturated heterocycles. The van der Waals surface area contributed by atoms with Gasteiger partial charge in [0.25, 0.3) is 0 Å². The molecule has 0 aliphatic heterocycles. The largest absolute Gasteiger partial charge is 0.349 e. The Bertz CT molecular complexity index is 358. The Morgan fingerprint density at radius 1 is 1.33 bits per heavy atom. The van der Waals surface area contributed by atoms with Gasteiger partial charge in [-0.15, -0.1) is 0 Å². The molecule has 0 aliphatic rings. The van der Waals surface area contributed by atoms with Gasteiger partial charge < -0.3 is 20.8 Å². The van der Waals surface area contributed by atoms with Gasteiger partial charge in [-0.1, -0.05) is 6.07 Å². The number of rotatable bonds is 3. The summed E-state index contributed by atoms with van der Waals surface area (Å²) in [5, 5.41) is 23.2. The zero-order valence-electron chi connectivity index (χ0n) is 8.61. The fraction of sp³-hybridized carbons (Fsp3) is 0.300. The van der Waals surface area contributed by atoms with Gasteiger partial charge in [-0.25, -0.2) is 0 Å². The lowest BCUT2D eigenvalue weighted by Gasteiger charge is -2.19. The molecule has 1 aromatic rings. The zero-order valence-corrected chi connectivity index (χ0v) is 8.61. The summed E-state index contributed by atoms with van der Waals surface area (Å²) >= 11 is 0. The van der Waals surface area contributed by atoms with Crippen molar-refractivity contribution >= 4 is 17.3 Å². The topological polar surface area (TPSA) is 81.6 Å². The van der Waals surface area contributed by atoms with E-state index in [4.69, 9.17) is 10.2 Å². The summed E-state index contributed by atoms with van der Waals surface area (Å²) in [5.41, 5.74) is 1.10. The first-order valence-corrected chi connectivity index (χ1v) is 4.47. The molecule has 0 aliphatic carbocycles. The van der Waals surface area contributed by atoms with Crippen molar-refractivity contribution in [2.24, 2.45) is 0 Å². The average Bonchev–Trinajstić information content (AvgIpc) is 1.99. The zero-order chi connectivity index (χ0) is 11.5. The van der Waals surface area contributed by atoms with Crippen molar-refractivity contribution in [3.05, 3.63) is 24.3 Å². The van der Waals surface area contributed by atoms with Gasteiger partial charge in [-0.3, -0.25) is 4.79 Å². The molecule has 0 heterocycles. The van der Waals surface area contributed by atoms with E-state index in [2.05, 4.69) is 10.6 Å². The van der Waals surface area contributed by atoms with Gasteiger partial charge in [0.1, 0.15) is 0 Å². The highest BCUT2D eigenvalue weighted by molar-refractivity contribution is 5.89. The number of benzene rings is 1. The van der Waals surface area contributed by atoms with E-state index < -0.39 is 5.91 Å². The molecule has 1 amide bonds. The van der Waals surface area contributed by atoms with E-state index in [1.807, 2.05) is 0 Å². The van der Waals surface area contributed by atoms with Gasteiger partial charge in [0, 0.05) is 25.2 Å². The van der Waals surface area contributed by atoms with Crippen molar-refractivity contribution in [2.45, 2.75) is 19.8 Å². The van der Waals surface area contributed by atoms with Crippen LogP contribution in [0.4, 0.5) is 11.4 Å². The Hall–Kier alpha value is -1.59. The molecule has 15 heavy (non-hydrogen) atoms. The summed E-state index contributed by atoms with van der Waals surface area (Å²) in [6.45, 7) is 2.61. The predicted octanol–water partition coefficient (Wildman–Crippen LogP) is 0.715. The third kappa shape index (κ3) is 4.44. The van der Waals surface area contributed by atoms with Crippen LogP contribution in [0, 0.1) is 0 Å². The number of aliphatic hydroxyl groups is 2. The van der Waals surface area contributed by atoms with Crippen LogP contribution in [0.2, 0.25) is 0 Å². The van der Waals surface area contributed by atoms with Gasteiger partial charge in [-0.2, -0.15) is 0 Å². The van der Waals surface area contributed by atoms with Crippen molar-refractivity contribution in [3.8, 4) is 0 Å². The Labute approximate surface area is 87.7 Å². The lowest BCUT2D eigenvalue weighted by Crippen LogP contribution is -2.33. The standard InChI is InChI=1S/C10H14N2O3/c1-7(13)11-8-4-3-5-9(6-8)12-10(2,14)15/h3-6,12,14-15H,1-2H3,(H,11,13). The van der Waals surface area contributed by atoms with Crippen LogP contribution in [0.5, 0.6) is 0 Å². The van der Waals surface area contributed by atoms with Crippen molar-refractivity contribution in [1.29, 1.82) is 0 Å². The monoisotopic (exact) mass is 210 g/mol. The minimum Gasteiger partial charge on any atom is -0.349 e. The highest BCUT2D eigenvalue weighted by atomic mass is 16.5. The van der Waals surface area contributed by atoms with E-state index in [1.54, 1.807) is 24.3 Å². The minimum absolute atomic E-state index is 0.178. The number of amides is 1. The second kappa shape index (κ2) is 4.29. The van der Waals surface area contributed by atoms with Crippen molar-refractivity contribution in [1.82, 2.24) is 0 Å². The van der Waals surface area contributed by atoms with Crippen LogP contribution < -0.4 is 10.6 Å². The van der Waals surface area contributed by atoms with Crippen LogP contribution in [0.15, 0.2) is 24.3 Å². The molecule has 0 fully saturated rings. The van der Waals surface area contributed by atoms with Gasteiger partial charge in [-0.05, 0) is 18.2 Å². The van der Waals surface area contributed by atoms with Crippen LogP contribution in [-0.2, 0) is 4.79 Å². The maximum atomic E-state index is 10.8. The van der Waals surface area contributed by atoms with Crippen LogP contribution >= 0.6 is 0 Å². The molecule has 0 spiro atoms. The van der Waals surface area contributed by atoms with Gasteiger partial charge in [0.05, 0.1) is 0 Å². The molecule has 0 radical (unpaired) electrons. The molecule has 0 aromatic heterocycles. The lowest BCUT2D eigenvalue weighted by molar-refractivity contribution is -0.118. The van der Waals surface area contributed by atoms with Crippen molar-refractivity contribution in [3.63, 3.8) is 0 Å². The Kier molecular flexibility index (Phi) is 3.28. The van der Waals surface area contributed by atoms with E-state index in [9.17, 15) is 4.79 Å². The SMILES string of the molecule is CC(=O)Nc1cccc(NC(C)(O)O)c1. The van der Waals surface area contributed by atoms with E-state index >= 15 is 0 Å². The second-order valence-corrected chi connectivity index (χ2v) is 3.41. The fourth-order valence-corrected chi connectivity index (χ4v) is 1.15. The first-order valence-electron chi connectivity index (χ1n) is 4.47. The minimum atomic E-state index is -1.98. The van der Waals surface area contributed by atoms with Crippen molar-refractivity contribution in [2.75, 3.05) is 10.6 Å². The van der Waals surface area contributed by atoms with E-state index in [1.165, 1.54) is 13.8 Å². The summed E-state index contributed by atoms with van der Waals surface area (Å²) in [6.07, 6.45) is 0. The summed E-state index contributed by atoms with van der Waals surface area (Å²) in [6, 6.07) is 6.67. The average molecular weight is 210 g/mol. The Balaban J connectivity index is 2.79. The van der Waals surface area contributed by atoms with Crippen LogP contribution in [0.25, 0.3) is 0 Å². The summed E-state index contributed by atoms with van der Waals surface area (Å²) in [5.74, 6) is -2.16. The molecular weight excluding hydrogens is 196 g/mol. The molecule has 82 valence electrons. The highest BCUT2D eigenvalue weighted by Gasteiger charge is 2.13. The van der Waals surface area contributed by atoms with Gasteiger partial charge >= 0.3 is 0 Å². The molecule has 5 heteroatoms. The third-order valence-corrected chi connectivity index (χ3v) is 1.56. The molecular formula is C10H14N2O3. The number of carbonyl (C=O) groups excluding carboxylic acids is 1. The van der Waals surface area contributed by atoms with Crippen LogP contribution in [0.1, 0.15) is 13.8 Å². The van der Waals surface area contributed by atoms with E-state index in [-0.39, 0.29) is 5.91 Å². The number of carbonyl (C=O) groups is 1. The smallest absolute Gasteiger partial charge is 0.241 e. The number of hydrogen-bond donors (Lipinski definition) is 4. The number of anilines is 2. The van der Waals surface area contributed by atoms with E-state index in [0.29, 0.717) is 11.4 Å². The normalized spacial score (nSPS) is 10.9. The third-order valence-electron chi connectivity index (χ3n) is 1.56. The Morgan fingerprint density at radius 2 is 1.93 bits per heavy atom. The Morgan fingerprint density at radius 3 is 2.47 bits per heavy atom. The van der Waals surface area contributed by atoms with Gasteiger partial charge in [0.15, 0.2) is 0 Å². The number of nitrogens with one attached hydrogen (secondary N) is 2. The predicted molar refractivity (Wildman–Crippen MR) is 57.2 cm³/mol. The maximum Gasteiger partial charge on any atom is 0.241 e.